The second-order valence-corrected chi connectivity index (χ2v) is 5.30. The fourth-order valence-electron chi connectivity index (χ4n) is 2.42. The first-order valence-corrected chi connectivity index (χ1v) is 6.96. The van der Waals surface area contributed by atoms with Gasteiger partial charge in [-0.25, -0.2) is 4.79 Å². The molecular formula is C15H18N2O3. The van der Waals surface area contributed by atoms with Crippen LogP contribution in [0.25, 0.3) is 0 Å². The number of para-hydroxylation sites is 1. The summed E-state index contributed by atoms with van der Waals surface area (Å²) in [6.45, 7) is 2.85. The van der Waals surface area contributed by atoms with E-state index >= 15 is 0 Å². The maximum atomic E-state index is 12.1. The third-order valence-corrected chi connectivity index (χ3v) is 3.74. The van der Waals surface area contributed by atoms with Crippen molar-refractivity contribution >= 4 is 11.9 Å². The van der Waals surface area contributed by atoms with Crippen LogP contribution in [0.4, 0.5) is 4.79 Å². The molecular weight excluding hydrogens is 256 g/mol. The molecule has 5 nitrogen and oxygen atoms in total. The molecule has 1 saturated heterocycles. The summed E-state index contributed by atoms with van der Waals surface area (Å²) >= 11 is 0. The first kappa shape index (κ1) is 13.0. The van der Waals surface area contributed by atoms with Crippen molar-refractivity contribution in [1.29, 1.82) is 0 Å². The summed E-state index contributed by atoms with van der Waals surface area (Å²) in [5.74, 6) is 0.681. The topological polar surface area (TPSA) is 49.9 Å². The second-order valence-electron chi connectivity index (χ2n) is 5.30. The Morgan fingerprint density at radius 1 is 1.25 bits per heavy atom. The van der Waals surface area contributed by atoms with Gasteiger partial charge in [0.05, 0.1) is 6.54 Å². The van der Waals surface area contributed by atoms with Crippen molar-refractivity contribution < 1.29 is 14.3 Å². The van der Waals surface area contributed by atoms with E-state index in [0.717, 1.165) is 24.2 Å². The molecule has 0 spiro atoms. The van der Waals surface area contributed by atoms with Gasteiger partial charge < -0.3 is 9.64 Å². The summed E-state index contributed by atoms with van der Waals surface area (Å²) in [7, 11) is 0. The van der Waals surface area contributed by atoms with E-state index < -0.39 is 0 Å². The molecule has 1 heterocycles. The standard InChI is InChI=1S/C15H18N2O3/c1-11-4-2-3-5-13(11)20-9-8-16-14(18)10-17(15(16)19)12-6-7-12/h2-5,12H,6-10H2,1H3. The minimum Gasteiger partial charge on any atom is -0.491 e. The molecule has 1 aliphatic carbocycles. The number of urea groups is 1. The summed E-state index contributed by atoms with van der Waals surface area (Å²) in [6.07, 6.45) is 2.04. The summed E-state index contributed by atoms with van der Waals surface area (Å²) in [5.41, 5.74) is 1.05. The van der Waals surface area contributed by atoms with E-state index in [0.29, 0.717) is 13.2 Å². The summed E-state index contributed by atoms with van der Waals surface area (Å²) in [4.78, 5) is 26.9. The average molecular weight is 274 g/mol. The molecule has 2 aliphatic rings. The van der Waals surface area contributed by atoms with Gasteiger partial charge in [-0.1, -0.05) is 18.2 Å². The van der Waals surface area contributed by atoms with Gasteiger partial charge >= 0.3 is 6.03 Å². The number of amides is 3. The highest BCUT2D eigenvalue weighted by molar-refractivity contribution is 6.02. The third kappa shape index (κ3) is 2.48. The first-order chi connectivity index (χ1) is 9.66. The van der Waals surface area contributed by atoms with Crippen LogP contribution in [0.5, 0.6) is 5.75 Å². The Hall–Kier alpha value is -2.04. The lowest BCUT2D eigenvalue weighted by atomic mass is 10.2. The maximum Gasteiger partial charge on any atom is 0.327 e. The molecule has 1 aromatic carbocycles. The molecule has 1 aromatic rings. The predicted molar refractivity (Wildman–Crippen MR) is 73.5 cm³/mol. The number of carbonyl (C=O) groups excluding carboxylic acids is 2. The molecule has 2 fully saturated rings. The molecule has 0 unspecified atom stereocenters. The number of ether oxygens (including phenoxy) is 1. The van der Waals surface area contributed by atoms with E-state index in [1.54, 1.807) is 4.90 Å². The number of benzene rings is 1. The minimum atomic E-state index is -0.161. The van der Waals surface area contributed by atoms with Crippen molar-refractivity contribution in [2.24, 2.45) is 0 Å². The van der Waals surface area contributed by atoms with E-state index in [1.165, 1.54) is 4.90 Å². The molecule has 20 heavy (non-hydrogen) atoms. The fraction of sp³-hybridized carbons (Fsp3) is 0.467. The Morgan fingerprint density at radius 2 is 2.00 bits per heavy atom. The number of hydrogen-bond donors (Lipinski definition) is 0. The summed E-state index contributed by atoms with van der Waals surface area (Å²) in [5, 5.41) is 0. The molecule has 0 aromatic heterocycles. The van der Waals surface area contributed by atoms with Gasteiger partial charge in [0.25, 0.3) is 0 Å². The van der Waals surface area contributed by atoms with E-state index in [9.17, 15) is 9.59 Å². The zero-order valence-electron chi connectivity index (χ0n) is 11.5. The van der Waals surface area contributed by atoms with E-state index in [-0.39, 0.29) is 24.5 Å². The van der Waals surface area contributed by atoms with Crippen LogP contribution in [0, 0.1) is 6.92 Å². The summed E-state index contributed by atoms with van der Waals surface area (Å²) in [6, 6.07) is 7.84. The highest BCUT2D eigenvalue weighted by Crippen LogP contribution is 2.30. The molecule has 5 heteroatoms. The van der Waals surface area contributed by atoms with Crippen LogP contribution in [-0.4, -0.2) is 47.5 Å². The molecule has 0 atom stereocenters. The Bertz CT molecular complexity index is 540. The van der Waals surface area contributed by atoms with Crippen LogP contribution in [0.15, 0.2) is 24.3 Å². The highest BCUT2D eigenvalue weighted by Gasteiger charge is 2.43. The molecule has 1 saturated carbocycles. The Balaban J connectivity index is 1.54. The van der Waals surface area contributed by atoms with Crippen molar-refractivity contribution in [1.82, 2.24) is 9.80 Å². The Kier molecular flexibility index (Phi) is 3.34. The number of rotatable bonds is 5. The van der Waals surface area contributed by atoms with Gasteiger partial charge in [-0.2, -0.15) is 0 Å². The largest absolute Gasteiger partial charge is 0.491 e. The molecule has 3 amide bonds. The monoisotopic (exact) mass is 274 g/mol. The number of nitrogens with zero attached hydrogens (tertiary/aromatic N) is 2. The van der Waals surface area contributed by atoms with Gasteiger partial charge in [0.15, 0.2) is 0 Å². The number of hydrogen-bond acceptors (Lipinski definition) is 3. The third-order valence-electron chi connectivity index (χ3n) is 3.74. The van der Waals surface area contributed by atoms with Gasteiger partial charge in [0.1, 0.15) is 18.9 Å². The zero-order valence-corrected chi connectivity index (χ0v) is 11.5. The van der Waals surface area contributed by atoms with Crippen LogP contribution in [0.1, 0.15) is 18.4 Å². The number of imide groups is 1. The highest BCUT2D eigenvalue weighted by atomic mass is 16.5. The van der Waals surface area contributed by atoms with Crippen LogP contribution in [0.3, 0.4) is 0 Å². The maximum absolute atomic E-state index is 12.1. The Labute approximate surface area is 118 Å². The second kappa shape index (κ2) is 5.15. The van der Waals surface area contributed by atoms with Crippen molar-refractivity contribution in [3.63, 3.8) is 0 Å². The molecule has 1 aliphatic heterocycles. The van der Waals surface area contributed by atoms with Crippen molar-refractivity contribution in [2.45, 2.75) is 25.8 Å². The lowest BCUT2D eigenvalue weighted by Crippen LogP contribution is -2.36. The van der Waals surface area contributed by atoms with Gasteiger partial charge in [0.2, 0.25) is 5.91 Å². The smallest absolute Gasteiger partial charge is 0.327 e. The van der Waals surface area contributed by atoms with Gasteiger partial charge in [-0.3, -0.25) is 9.69 Å². The number of aryl methyl sites for hydroxylation is 1. The van der Waals surface area contributed by atoms with Crippen LogP contribution in [-0.2, 0) is 4.79 Å². The zero-order chi connectivity index (χ0) is 14.1. The lowest BCUT2D eigenvalue weighted by molar-refractivity contribution is -0.125. The molecule has 3 rings (SSSR count). The molecule has 106 valence electrons. The average Bonchev–Trinajstić information content (AvgIpc) is 3.22. The molecule has 0 N–H and O–H groups in total. The van der Waals surface area contributed by atoms with Crippen molar-refractivity contribution in [2.75, 3.05) is 19.7 Å². The van der Waals surface area contributed by atoms with Crippen molar-refractivity contribution in [3.8, 4) is 5.75 Å². The normalized spacial score (nSPS) is 18.9. The van der Waals surface area contributed by atoms with Crippen LogP contribution in [0.2, 0.25) is 0 Å². The first-order valence-electron chi connectivity index (χ1n) is 6.96. The quantitative estimate of drug-likeness (QED) is 0.769. The predicted octanol–water partition coefficient (Wildman–Crippen LogP) is 1.80. The minimum absolute atomic E-state index is 0.115. The van der Waals surface area contributed by atoms with Crippen LogP contribution >= 0.6 is 0 Å². The van der Waals surface area contributed by atoms with E-state index in [1.807, 2.05) is 31.2 Å². The van der Waals surface area contributed by atoms with E-state index in [2.05, 4.69) is 0 Å². The van der Waals surface area contributed by atoms with Gasteiger partial charge in [-0.15, -0.1) is 0 Å². The van der Waals surface area contributed by atoms with Crippen LogP contribution < -0.4 is 4.74 Å². The van der Waals surface area contributed by atoms with Crippen molar-refractivity contribution in [3.05, 3.63) is 29.8 Å². The van der Waals surface area contributed by atoms with E-state index in [4.69, 9.17) is 4.74 Å². The SMILES string of the molecule is Cc1ccccc1OCCN1C(=O)CN(C2CC2)C1=O. The fourth-order valence-corrected chi connectivity index (χ4v) is 2.42. The van der Waals surface area contributed by atoms with Gasteiger partial charge in [0, 0.05) is 6.04 Å². The number of carbonyl (C=O) groups is 2. The Morgan fingerprint density at radius 3 is 2.70 bits per heavy atom. The lowest BCUT2D eigenvalue weighted by Gasteiger charge is -2.17. The summed E-state index contributed by atoms with van der Waals surface area (Å²) < 4.78 is 5.64. The molecule has 0 bridgehead atoms. The van der Waals surface area contributed by atoms with Gasteiger partial charge in [-0.05, 0) is 31.4 Å². The molecule has 0 radical (unpaired) electrons.